The van der Waals surface area contributed by atoms with Gasteiger partial charge in [0.1, 0.15) is 0 Å². The van der Waals surface area contributed by atoms with E-state index >= 15 is 0 Å². The third-order valence-electron chi connectivity index (χ3n) is 1.89. The number of phenols is 1. The van der Waals surface area contributed by atoms with Crippen molar-refractivity contribution in [3.05, 3.63) is 23.8 Å². The summed E-state index contributed by atoms with van der Waals surface area (Å²) in [5.41, 5.74) is 0.969. The monoisotopic (exact) mass is 196 g/mol. The van der Waals surface area contributed by atoms with Gasteiger partial charge in [-0.1, -0.05) is 13.0 Å². The summed E-state index contributed by atoms with van der Waals surface area (Å²) in [4.78, 5) is 0. The molecule has 0 saturated carbocycles. The SMILES string of the molecule is CCCOc1cc(CCO)ccc1O. The minimum absolute atomic E-state index is 0.109. The number of hydrogen-bond donors (Lipinski definition) is 2. The molecule has 3 heteroatoms. The van der Waals surface area contributed by atoms with Crippen LogP contribution in [0.2, 0.25) is 0 Å². The minimum Gasteiger partial charge on any atom is -0.504 e. The van der Waals surface area contributed by atoms with Crippen LogP contribution < -0.4 is 4.74 Å². The summed E-state index contributed by atoms with van der Waals surface area (Å²) in [6, 6.07) is 5.14. The van der Waals surface area contributed by atoms with E-state index in [0.29, 0.717) is 18.8 Å². The number of aromatic hydroxyl groups is 1. The van der Waals surface area contributed by atoms with Gasteiger partial charge in [0.15, 0.2) is 11.5 Å². The molecule has 0 saturated heterocycles. The molecule has 2 N–H and O–H groups in total. The van der Waals surface area contributed by atoms with Gasteiger partial charge in [-0.2, -0.15) is 0 Å². The van der Waals surface area contributed by atoms with Crippen LogP contribution in [-0.2, 0) is 6.42 Å². The van der Waals surface area contributed by atoms with Crippen LogP contribution in [0.3, 0.4) is 0 Å². The Morgan fingerprint density at radius 2 is 2.14 bits per heavy atom. The number of phenolic OH excluding ortho intramolecular Hbond substituents is 1. The Balaban J connectivity index is 2.74. The smallest absolute Gasteiger partial charge is 0.161 e. The van der Waals surface area contributed by atoms with Gasteiger partial charge < -0.3 is 14.9 Å². The fourth-order valence-corrected chi connectivity index (χ4v) is 1.17. The average Bonchev–Trinajstić information content (AvgIpc) is 2.19. The van der Waals surface area contributed by atoms with Crippen molar-refractivity contribution < 1.29 is 14.9 Å². The number of ether oxygens (including phenoxy) is 1. The highest BCUT2D eigenvalue weighted by Gasteiger charge is 2.03. The van der Waals surface area contributed by atoms with Crippen LogP contribution in [0.1, 0.15) is 18.9 Å². The first-order chi connectivity index (χ1) is 6.77. The fraction of sp³-hybridized carbons (Fsp3) is 0.455. The summed E-state index contributed by atoms with van der Waals surface area (Å²) < 4.78 is 5.34. The lowest BCUT2D eigenvalue weighted by molar-refractivity contribution is 0.293. The van der Waals surface area contributed by atoms with Crippen LogP contribution in [0, 0.1) is 0 Å². The van der Waals surface area contributed by atoms with Crippen molar-refractivity contribution in [2.45, 2.75) is 19.8 Å². The molecule has 0 fully saturated rings. The zero-order chi connectivity index (χ0) is 10.4. The van der Waals surface area contributed by atoms with E-state index < -0.39 is 0 Å². The summed E-state index contributed by atoms with van der Waals surface area (Å²) in [6.07, 6.45) is 1.49. The Labute approximate surface area is 84.0 Å². The zero-order valence-electron chi connectivity index (χ0n) is 8.36. The molecule has 0 radical (unpaired) electrons. The van der Waals surface area contributed by atoms with Crippen molar-refractivity contribution in [2.75, 3.05) is 13.2 Å². The number of hydrogen-bond acceptors (Lipinski definition) is 3. The number of benzene rings is 1. The maximum absolute atomic E-state index is 9.44. The second-order valence-corrected chi connectivity index (χ2v) is 3.12. The van der Waals surface area contributed by atoms with Crippen LogP contribution in [0.5, 0.6) is 11.5 Å². The number of aliphatic hydroxyl groups excluding tert-OH is 1. The molecule has 0 atom stereocenters. The molecule has 14 heavy (non-hydrogen) atoms. The molecular formula is C11H16O3. The van der Waals surface area contributed by atoms with Gasteiger partial charge in [0, 0.05) is 6.61 Å². The molecule has 1 aromatic rings. The van der Waals surface area contributed by atoms with Gasteiger partial charge in [-0.25, -0.2) is 0 Å². The summed E-state index contributed by atoms with van der Waals surface area (Å²) >= 11 is 0. The maximum atomic E-state index is 9.44. The highest BCUT2D eigenvalue weighted by Crippen LogP contribution is 2.26. The molecular weight excluding hydrogens is 180 g/mol. The first-order valence-corrected chi connectivity index (χ1v) is 4.83. The second kappa shape index (κ2) is 5.50. The van der Waals surface area contributed by atoms with E-state index in [2.05, 4.69) is 0 Å². The highest BCUT2D eigenvalue weighted by molar-refractivity contribution is 5.41. The molecule has 78 valence electrons. The van der Waals surface area contributed by atoms with Gasteiger partial charge in [0.25, 0.3) is 0 Å². The molecule has 0 unspecified atom stereocenters. The third-order valence-corrected chi connectivity index (χ3v) is 1.89. The molecule has 0 spiro atoms. The number of aliphatic hydroxyl groups is 1. The van der Waals surface area contributed by atoms with Gasteiger partial charge in [-0.05, 0) is 30.5 Å². The van der Waals surface area contributed by atoms with Crippen molar-refractivity contribution >= 4 is 0 Å². The molecule has 1 rings (SSSR count). The van der Waals surface area contributed by atoms with Gasteiger partial charge >= 0.3 is 0 Å². The molecule has 0 heterocycles. The molecule has 0 aliphatic rings. The van der Waals surface area contributed by atoms with Crippen LogP contribution >= 0.6 is 0 Å². The van der Waals surface area contributed by atoms with E-state index in [1.54, 1.807) is 18.2 Å². The van der Waals surface area contributed by atoms with Gasteiger partial charge in [-0.15, -0.1) is 0 Å². The first kappa shape index (κ1) is 10.9. The minimum atomic E-state index is 0.109. The standard InChI is InChI=1S/C11H16O3/c1-2-7-14-11-8-9(5-6-12)3-4-10(11)13/h3-4,8,12-13H,2,5-7H2,1H3. The van der Waals surface area contributed by atoms with Crippen LogP contribution in [0.25, 0.3) is 0 Å². The van der Waals surface area contributed by atoms with Crippen molar-refractivity contribution in [3.8, 4) is 11.5 Å². The normalized spacial score (nSPS) is 10.1. The Kier molecular flexibility index (Phi) is 4.26. The van der Waals surface area contributed by atoms with Gasteiger partial charge in [0.05, 0.1) is 6.61 Å². The van der Waals surface area contributed by atoms with Crippen molar-refractivity contribution in [1.82, 2.24) is 0 Å². The Morgan fingerprint density at radius 3 is 2.79 bits per heavy atom. The van der Waals surface area contributed by atoms with E-state index in [1.807, 2.05) is 6.92 Å². The summed E-state index contributed by atoms with van der Waals surface area (Å²) in [5.74, 6) is 0.651. The molecule has 0 aromatic heterocycles. The van der Waals surface area contributed by atoms with E-state index in [9.17, 15) is 5.11 Å². The van der Waals surface area contributed by atoms with E-state index in [4.69, 9.17) is 9.84 Å². The summed E-state index contributed by atoms with van der Waals surface area (Å²) in [7, 11) is 0. The number of rotatable bonds is 5. The van der Waals surface area contributed by atoms with Crippen molar-refractivity contribution in [2.24, 2.45) is 0 Å². The third kappa shape index (κ3) is 2.92. The maximum Gasteiger partial charge on any atom is 0.161 e. The zero-order valence-corrected chi connectivity index (χ0v) is 8.36. The Bertz CT molecular complexity index is 284. The quantitative estimate of drug-likeness (QED) is 0.753. The molecule has 3 nitrogen and oxygen atoms in total. The fourth-order valence-electron chi connectivity index (χ4n) is 1.17. The summed E-state index contributed by atoms with van der Waals surface area (Å²) in [6.45, 7) is 2.71. The molecule has 0 aliphatic heterocycles. The average molecular weight is 196 g/mol. The molecule has 0 amide bonds. The van der Waals surface area contributed by atoms with E-state index in [1.165, 1.54) is 0 Å². The van der Waals surface area contributed by atoms with Crippen molar-refractivity contribution in [1.29, 1.82) is 0 Å². The van der Waals surface area contributed by atoms with E-state index in [-0.39, 0.29) is 12.4 Å². The lowest BCUT2D eigenvalue weighted by Crippen LogP contribution is -1.97. The van der Waals surface area contributed by atoms with Crippen LogP contribution in [-0.4, -0.2) is 23.4 Å². The first-order valence-electron chi connectivity index (χ1n) is 4.83. The topological polar surface area (TPSA) is 49.7 Å². The Hall–Kier alpha value is -1.22. The highest BCUT2D eigenvalue weighted by atomic mass is 16.5. The van der Waals surface area contributed by atoms with Crippen LogP contribution in [0.4, 0.5) is 0 Å². The van der Waals surface area contributed by atoms with Gasteiger partial charge in [-0.3, -0.25) is 0 Å². The second-order valence-electron chi connectivity index (χ2n) is 3.12. The lowest BCUT2D eigenvalue weighted by atomic mass is 10.1. The Morgan fingerprint density at radius 1 is 1.36 bits per heavy atom. The predicted octanol–water partition coefficient (Wildman–Crippen LogP) is 1.72. The van der Waals surface area contributed by atoms with Gasteiger partial charge in [0.2, 0.25) is 0 Å². The molecule has 1 aromatic carbocycles. The lowest BCUT2D eigenvalue weighted by Gasteiger charge is -2.08. The molecule has 0 bridgehead atoms. The van der Waals surface area contributed by atoms with E-state index in [0.717, 1.165) is 12.0 Å². The van der Waals surface area contributed by atoms with Crippen LogP contribution in [0.15, 0.2) is 18.2 Å². The van der Waals surface area contributed by atoms with Crippen molar-refractivity contribution in [3.63, 3.8) is 0 Å². The predicted molar refractivity (Wildman–Crippen MR) is 54.7 cm³/mol. The summed E-state index contributed by atoms with van der Waals surface area (Å²) in [5, 5.41) is 18.2. The molecule has 0 aliphatic carbocycles. The largest absolute Gasteiger partial charge is 0.504 e.